The largest absolute Gasteiger partial charge is 0.374 e. The van der Waals surface area contributed by atoms with E-state index in [0.29, 0.717) is 18.7 Å². The highest BCUT2D eigenvalue weighted by Crippen LogP contribution is 2.31. The topological polar surface area (TPSA) is 69.5 Å². The summed E-state index contributed by atoms with van der Waals surface area (Å²) in [7, 11) is 0. The zero-order chi connectivity index (χ0) is 18.6. The molecule has 0 saturated carbocycles. The molecule has 3 atom stereocenters. The van der Waals surface area contributed by atoms with Gasteiger partial charge in [0.2, 0.25) is 0 Å². The van der Waals surface area contributed by atoms with Crippen LogP contribution < -0.4 is 0 Å². The van der Waals surface area contributed by atoms with Crippen molar-refractivity contribution in [3.05, 3.63) is 48.0 Å². The van der Waals surface area contributed by atoms with E-state index in [9.17, 15) is 4.79 Å². The first-order valence-electron chi connectivity index (χ1n) is 9.66. The summed E-state index contributed by atoms with van der Waals surface area (Å²) in [6, 6.07) is 5.73. The molecule has 2 aliphatic rings. The van der Waals surface area contributed by atoms with Crippen molar-refractivity contribution >= 4 is 5.91 Å². The fourth-order valence-corrected chi connectivity index (χ4v) is 3.94. The highest BCUT2D eigenvalue weighted by atomic mass is 16.5. The minimum Gasteiger partial charge on any atom is -0.374 e. The van der Waals surface area contributed by atoms with Gasteiger partial charge in [0.05, 0.1) is 18.2 Å². The number of pyridine rings is 1. The van der Waals surface area contributed by atoms with Crippen molar-refractivity contribution < 1.29 is 14.3 Å². The summed E-state index contributed by atoms with van der Waals surface area (Å²) < 4.78 is 14.0. The minimum atomic E-state index is -0.0738. The quantitative estimate of drug-likeness (QED) is 0.728. The average molecular weight is 370 g/mol. The van der Waals surface area contributed by atoms with Crippen molar-refractivity contribution in [2.24, 2.45) is 0 Å². The maximum atomic E-state index is 13.0. The predicted molar refractivity (Wildman–Crippen MR) is 99.4 cm³/mol. The van der Waals surface area contributed by atoms with E-state index in [2.05, 4.69) is 10.1 Å². The van der Waals surface area contributed by atoms with E-state index in [1.165, 1.54) is 0 Å². The summed E-state index contributed by atoms with van der Waals surface area (Å²) >= 11 is 0. The summed E-state index contributed by atoms with van der Waals surface area (Å²) in [5, 5.41) is 4.20. The van der Waals surface area contributed by atoms with Gasteiger partial charge < -0.3 is 14.4 Å². The van der Waals surface area contributed by atoms with Gasteiger partial charge in [0.25, 0.3) is 5.91 Å². The van der Waals surface area contributed by atoms with Crippen LogP contribution in [0.5, 0.6) is 0 Å². The first-order valence-corrected chi connectivity index (χ1v) is 9.66. The lowest BCUT2D eigenvalue weighted by molar-refractivity contribution is -0.0769. The van der Waals surface area contributed by atoms with Gasteiger partial charge in [-0.2, -0.15) is 5.10 Å². The summed E-state index contributed by atoms with van der Waals surface area (Å²) in [5.41, 5.74) is 1.54. The van der Waals surface area contributed by atoms with Crippen LogP contribution in [-0.4, -0.2) is 63.6 Å². The third kappa shape index (κ3) is 4.04. The Morgan fingerprint density at radius 3 is 3.11 bits per heavy atom. The van der Waals surface area contributed by atoms with E-state index in [-0.39, 0.29) is 24.2 Å². The number of rotatable bonds is 6. The number of hydrogen-bond donors (Lipinski definition) is 0. The van der Waals surface area contributed by atoms with Gasteiger partial charge in [-0.05, 0) is 44.4 Å². The minimum absolute atomic E-state index is 0.0191. The normalized spacial score (nSPS) is 24.8. The molecule has 0 aliphatic carbocycles. The van der Waals surface area contributed by atoms with Gasteiger partial charge in [-0.1, -0.05) is 0 Å². The maximum Gasteiger partial charge on any atom is 0.255 e. The first kappa shape index (κ1) is 18.1. The molecule has 4 heterocycles. The number of aromatic nitrogens is 3. The van der Waals surface area contributed by atoms with E-state index in [1.54, 1.807) is 12.4 Å². The molecular formula is C20H26N4O3. The second kappa shape index (κ2) is 8.19. The molecule has 0 unspecified atom stereocenters. The number of amides is 1. The summed E-state index contributed by atoms with van der Waals surface area (Å²) in [4.78, 5) is 19.2. The van der Waals surface area contributed by atoms with E-state index in [1.807, 2.05) is 40.9 Å². The summed E-state index contributed by atoms with van der Waals surface area (Å²) in [6.07, 6.45) is 8.10. The van der Waals surface area contributed by atoms with Crippen molar-refractivity contribution in [2.75, 3.05) is 19.8 Å². The Morgan fingerprint density at radius 1 is 1.41 bits per heavy atom. The van der Waals surface area contributed by atoms with Gasteiger partial charge in [-0.25, -0.2) is 0 Å². The third-order valence-electron chi connectivity index (χ3n) is 5.32. The molecule has 2 aromatic rings. The Morgan fingerprint density at radius 2 is 2.33 bits per heavy atom. The van der Waals surface area contributed by atoms with E-state index in [4.69, 9.17) is 9.47 Å². The zero-order valence-corrected chi connectivity index (χ0v) is 15.7. The smallest absolute Gasteiger partial charge is 0.255 e. The number of hydrogen-bond acceptors (Lipinski definition) is 5. The average Bonchev–Trinajstić information content (AvgIpc) is 3.33. The molecule has 144 valence electrons. The Bertz CT molecular complexity index is 747. The highest BCUT2D eigenvalue weighted by molar-refractivity contribution is 5.94. The van der Waals surface area contributed by atoms with Crippen molar-refractivity contribution in [2.45, 2.75) is 51.0 Å². The molecule has 1 amide bonds. The lowest BCUT2D eigenvalue weighted by atomic mass is 10.0. The molecule has 0 radical (unpaired) electrons. The molecule has 7 heteroatoms. The molecule has 7 nitrogen and oxygen atoms in total. The van der Waals surface area contributed by atoms with Gasteiger partial charge in [-0.15, -0.1) is 0 Å². The van der Waals surface area contributed by atoms with Crippen LogP contribution in [0.15, 0.2) is 36.8 Å². The lowest BCUT2D eigenvalue weighted by Gasteiger charge is -2.32. The molecule has 4 rings (SSSR count). The Hall–Kier alpha value is -2.25. The monoisotopic (exact) mass is 370 g/mol. The maximum absolute atomic E-state index is 13.0. The van der Waals surface area contributed by atoms with Crippen LogP contribution >= 0.6 is 0 Å². The first-order chi connectivity index (χ1) is 13.2. The Balaban J connectivity index is 1.38. The predicted octanol–water partition coefficient (Wildman–Crippen LogP) is 2.07. The number of aryl methyl sites for hydroxylation is 2. The van der Waals surface area contributed by atoms with Crippen LogP contribution in [0.2, 0.25) is 0 Å². The number of carbonyl (C=O) groups excluding carboxylic acids is 1. The third-order valence-corrected chi connectivity index (χ3v) is 5.32. The molecule has 0 bridgehead atoms. The molecule has 2 aliphatic heterocycles. The van der Waals surface area contributed by atoms with Crippen LogP contribution in [0.25, 0.3) is 0 Å². The summed E-state index contributed by atoms with van der Waals surface area (Å²) in [6.45, 7) is 4.69. The van der Waals surface area contributed by atoms with Crippen molar-refractivity contribution in [3.8, 4) is 0 Å². The molecule has 0 spiro atoms. The van der Waals surface area contributed by atoms with E-state index >= 15 is 0 Å². The van der Waals surface area contributed by atoms with Gasteiger partial charge >= 0.3 is 0 Å². The molecule has 0 N–H and O–H groups in total. The zero-order valence-electron chi connectivity index (χ0n) is 15.7. The summed E-state index contributed by atoms with van der Waals surface area (Å²) in [5.74, 6) is 0.0191. The number of carbonyl (C=O) groups is 1. The van der Waals surface area contributed by atoms with Gasteiger partial charge in [-0.3, -0.25) is 14.5 Å². The van der Waals surface area contributed by atoms with Crippen LogP contribution in [0.3, 0.4) is 0 Å². The second-order valence-electron chi connectivity index (χ2n) is 7.22. The SMILES string of the molecule is Cc1ccc(C(=O)N2C[C@@H](OCCCn3cccn3)[C@@H]3OCCC[C@H]32)cn1. The van der Waals surface area contributed by atoms with Crippen LogP contribution in [0.1, 0.15) is 35.3 Å². The van der Waals surface area contributed by atoms with Crippen molar-refractivity contribution in [1.82, 2.24) is 19.7 Å². The molecule has 2 aromatic heterocycles. The second-order valence-corrected chi connectivity index (χ2v) is 7.22. The van der Waals surface area contributed by atoms with Gasteiger partial charge in [0.15, 0.2) is 0 Å². The van der Waals surface area contributed by atoms with Crippen LogP contribution in [0.4, 0.5) is 0 Å². The Kier molecular flexibility index (Phi) is 5.50. The fraction of sp³-hybridized carbons (Fsp3) is 0.550. The molecule has 27 heavy (non-hydrogen) atoms. The van der Waals surface area contributed by atoms with E-state index in [0.717, 1.165) is 38.1 Å². The number of ether oxygens (including phenoxy) is 2. The molecule has 2 fully saturated rings. The number of fused-ring (bicyclic) bond motifs is 1. The highest BCUT2D eigenvalue weighted by Gasteiger charge is 2.46. The van der Waals surface area contributed by atoms with Crippen LogP contribution in [0, 0.1) is 6.92 Å². The molecule has 0 aromatic carbocycles. The standard InChI is InChI=1S/C20H26N4O3/c1-15-6-7-16(13-21-15)20(25)24-14-18(19-17(24)5-2-11-27-19)26-12-4-10-23-9-3-8-22-23/h3,6-9,13,17-19H,2,4-5,10-12,14H2,1H3/t17-,18-,19-/m1/s1. The molecule has 2 saturated heterocycles. The van der Waals surface area contributed by atoms with E-state index < -0.39 is 0 Å². The number of nitrogens with zero attached hydrogens (tertiary/aromatic N) is 4. The fourth-order valence-electron chi connectivity index (χ4n) is 3.94. The van der Waals surface area contributed by atoms with Crippen molar-refractivity contribution in [3.63, 3.8) is 0 Å². The molecular weight excluding hydrogens is 344 g/mol. The lowest BCUT2D eigenvalue weighted by Crippen LogP contribution is -2.44. The Labute approximate surface area is 159 Å². The number of likely N-dealkylation sites (tertiary alicyclic amines) is 1. The van der Waals surface area contributed by atoms with Crippen LogP contribution in [-0.2, 0) is 16.0 Å². The van der Waals surface area contributed by atoms with Gasteiger partial charge in [0.1, 0.15) is 12.2 Å². The van der Waals surface area contributed by atoms with Crippen molar-refractivity contribution in [1.29, 1.82) is 0 Å². The van der Waals surface area contributed by atoms with Gasteiger partial charge in [0, 0.05) is 44.0 Å².